The van der Waals surface area contributed by atoms with Gasteiger partial charge in [-0.15, -0.1) is 5.10 Å². The third kappa shape index (κ3) is 1.97. The highest BCUT2D eigenvalue weighted by Gasteiger charge is 2.04. The SMILES string of the molecule is N#Cc1ncn(Cc2cccnc2NN)n1. The molecule has 2 aromatic heterocycles. The van der Waals surface area contributed by atoms with Gasteiger partial charge < -0.3 is 5.43 Å². The van der Waals surface area contributed by atoms with Crippen LogP contribution in [0.3, 0.4) is 0 Å². The van der Waals surface area contributed by atoms with Gasteiger partial charge in [0.1, 0.15) is 18.2 Å². The Morgan fingerprint density at radius 2 is 2.38 bits per heavy atom. The van der Waals surface area contributed by atoms with Crippen molar-refractivity contribution in [2.45, 2.75) is 6.54 Å². The lowest BCUT2D eigenvalue weighted by atomic mass is 10.2. The summed E-state index contributed by atoms with van der Waals surface area (Å²) in [5.74, 6) is 6.05. The summed E-state index contributed by atoms with van der Waals surface area (Å²) >= 11 is 0. The summed E-state index contributed by atoms with van der Waals surface area (Å²) in [5.41, 5.74) is 3.37. The van der Waals surface area contributed by atoms with Crippen LogP contribution in [0.1, 0.15) is 11.4 Å². The first-order valence-electron chi connectivity index (χ1n) is 4.53. The molecule has 0 amide bonds. The Morgan fingerprint density at radius 3 is 3.06 bits per heavy atom. The zero-order chi connectivity index (χ0) is 11.4. The lowest BCUT2D eigenvalue weighted by molar-refractivity contribution is 0.681. The standard InChI is InChI=1S/C9H9N7/c10-4-8-13-6-16(15-8)5-7-2-1-3-12-9(7)14-11/h1-3,6H,5,11H2,(H,12,14). The molecule has 0 spiro atoms. The van der Waals surface area contributed by atoms with Crippen LogP contribution in [0.15, 0.2) is 24.7 Å². The van der Waals surface area contributed by atoms with E-state index < -0.39 is 0 Å². The van der Waals surface area contributed by atoms with Crippen LogP contribution in [0.2, 0.25) is 0 Å². The molecule has 0 aliphatic carbocycles. The van der Waals surface area contributed by atoms with Crippen LogP contribution in [-0.2, 0) is 6.54 Å². The van der Waals surface area contributed by atoms with Crippen LogP contribution in [0.5, 0.6) is 0 Å². The molecule has 0 aliphatic rings. The average molecular weight is 215 g/mol. The molecule has 2 aromatic rings. The second-order valence-corrected chi connectivity index (χ2v) is 3.03. The molecule has 0 saturated carbocycles. The van der Waals surface area contributed by atoms with Gasteiger partial charge in [0.15, 0.2) is 0 Å². The zero-order valence-corrected chi connectivity index (χ0v) is 8.33. The molecule has 7 heteroatoms. The van der Waals surface area contributed by atoms with Gasteiger partial charge in [0.05, 0.1) is 6.54 Å². The number of aromatic nitrogens is 4. The van der Waals surface area contributed by atoms with Gasteiger partial charge in [0.2, 0.25) is 0 Å². The summed E-state index contributed by atoms with van der Waals surface area (Å²) in [6.45, 7) is 0.460. The second kappa shape index (κ2) is 4.37. The highest BCUT2D eigenvalue weighted by Crippen LogP contribution is 2.10. The van der Waals surface area contributed by atoms with Gasteiger partial charge in [0.25, 0.3) is 5.82 Å². The minimum absolute atomic E-state index is 0.145. The molecule has 0 unspecified atom stereocenters. The monoisotopic (exact) mass is 215 g/mol. The number of rotatable bonds is 3. The predicted molar refractivity (Wildman–Crippen MR) is 55.9 cm³/mol. The van der Waals surface area contributed by atoms with E-state index in [2.05, 4.69) is 20.5 Å². The molecular weight excluding hydrogens is 206 g/mol. The molecule has 0 aromatic carbocycles. The van der Waals surface area contributed by atoms with Crippen molar-refractivity contribution in [1.29, 1.82) is 5.26 Å². The van der Waals surface area contributed by atoms with E-state index in [0.717, 1.165) is 5.56 Å². The highest BCUT2D eigenvalue weighted by molar-refractivity contribution is 5.42. The molecule has 2 rings (SSSR count). The molecule has 0 fully saturated rings. The van der Waals surface area contributed by atoms with Crippen LogP contribution in [0, 0.1) is 11.3 Å². The topological polar surface area (TPSA) is 105 Å². The molecule has 0 atom stereocenters. The maximum atomic E-state index is 8.58. The van der Waals surface area contributed by atoms with Crippen molar-refractivity contribution in [3.05, 3.63) is 36.0 Å². The third-order valence-corrected chi connectivity index (χ3v) is 2.00. The molecule has 80 valence electrons. The van der Waals surface area contributed by atoms with Crippen molar-refractivity contribution in [1.82, 2.24) is 19.7 Å². The quantitative estimate of drug-likeness (QED) is 0.546. The van der Waals surface area contributed by atoms with E-state index in [1.165, 1.54) is 6.33 Å². The number of hydrazine groups is 1. The fraction of sp³-hybridized carbons (Fsp3) is 0.111. The number of nitrogens with two attached hydrogens (primary N) is 1. The Balaban J connectivity index is 2.23. The van der Waals surface area contributed by atoms with Gasteiger partial charge in [-0.1, -0.05) is 6.07 Å². The number of nitrogen functional groups attached to an aromatic ring is 1. The average Bonchev–Trinajstić information content (AvgIpc) is 2.77. The van der Waals surface area contributed by atoms with Gasteiger partial charge in [0, 0.05) is 11.8 Å². The minimum atomic E-state index is 0.145. The van der Waals surface area contributed by atoms with E-state index in [9.17, 15) is 0 Å². The van der Waals surface area contributed by atoms with E-state index in [1.54, 1.807) is 16.9 Å². The van der Waals surface area contributed by atoms with Crippen LogP contribution in [0.25, 0.3) is 0 Å². The number of hydrogen-bond acceptors (Lipinski definition) is 6. The Morgan fingerprint density at radius 1 is 1.50 bits per heavy atom. The van der Waals surface area contributed by atoms with Gasteiger partial charge in [-0.3, -0.25) is 0 Å². The van der Waals surface area contributed by atoms with Crippen molar-refractivity contribution in [3.8, 4) is 6.07 Å². The number of anilines is 1. The maximum Gasteiger partial charge on any atom is 0.252 e. The fourth-order valence-electron chi connectivity index (χ4n) is 1.29. The normalized spacial score (nSPS) is 9.75. The highest BCUT2D eigenvalue weighted by atomic mass is 15.3. The summed E-state index contributed by atoms with van der Waals surface area (Å²) in [7, 11) is 0. The van der Waals surface area contributed by atoms with Gasteiger partial charge >= 0.3 is 0 Å². The van der Waals surface area contributed by atoms with Gasteiger partial charge in [-0.25, -0.2) is 20.5 Å². The molecule has 16 heavy (non-hydrogen) atoms. The molecule has 0 radical (unpaired) electrons. The third-order valence-electron chi connectivity index (χ3n) is 2.00. The molecule has 7 nitrogen and oxygen atoms in total. The Labute approximate surface area is 91.5 Å². The van der Waals surface area contributed by atoms with Gasteiger partial charge in [-0.05, 0) is 6.07 Å². The number of nitriles is 1. The summed E-state index contributed by atoms with van der Waals surface area (Å²) in [5, 5.41) is 12.5. The number of nitrogens with zero attached hydrogens (tertiary/aromatic N) is 5. The van der Waals surface area contributed by atoms with Crippen molar-refractivity contribution in [2.75, 3.05) is 5.43 Å². The summed E-state index contributed by atoms with van der Waals surface area (Å²) < 4.78 is 1.55. The Bertz CT molecular complexity index is 525. The first-order chi connectivity index (χ1) is 7.83. The van der Waals surface area contributed by atoms with E-state index in [4.69, 9.17) is 11.1 Å². The minimum Gasteiger partial charge on any atom is -0.308 e. The van der Waals surface area contributed by atoms with Crippen LogP contribution < -0.4 is 11.3 Å². The Kier molecular flexibility index (Phi) is 2.75. The molecule has 2 heterocycles. The number of pyridine rings is 1. The number of hydrogen-bond donors (Lipinski definition) is 2. The lowest BCUT2D eigenvalue weighted by Gasteiger charge is -2.06. The molecule has 0 saturated heterocycles. The van der Waals surface area contributed by atoms with Crippen LogP contribution >= 0.6 is 0 Å². The van der Waals surface area contributed by atoms with Crippen LogP contribution in [0.4, 0.5) is 5.82 Å². The van der Waals surface area contributed by atoms with Crippen LogP contribution in [-0.4, -0.2) is 19.7 Å². The fourth-order valence-corrected chi connectivity index (χ4v) is 1.29. The molecular formula is C9H9N7. The largest absolute Gasteiger partial charge is 0.308 e. The van der Waals surface area contributed by atoms with E-state index in [-0.39, 0.29) is 5.82 Å². The Hall–Kier alpha value is -2.46. The summed E-state index contributed by atoms with van der Waals surface area (Å²) in [4.78, 5) is 7.86. The first-order valence-corrected chi connectivity index (χ1v) is 4.53. The van der Waals surface area contributed by atoms with E-state index >= 15 is 0 Å². The van der Waals surface area contributed by atoms with Crippen molar-refractivity contribution < 1.29 is 0 Å². The van der Waals surface area contributed by atoms with E-state index in [0.29, 0.717) is 12.4 Å². The van der Waals surface area contributed by atoms with Crippen molar-refractivity contribution in [3.63, 3.8) is 0 Å². The molecule has 0 aliphatic heterocycles. The predicted octanol–water partition coefficient (Wildman–Crippen LogP) is -0.121. The summed E-state index contributed by atoms with van der Waals surface area (Å²) in [6.07, 6.45) is 3.13. The van der Waals surface area contributed by atoms with Crippen molar-refractivity contribution in [2.24, 2.45) is 5.84 Å². The smallest absolute Gasteiger partial charge is 0.252 e. The first kappa shape index (κ1) is 10.1. The second-order valence-electron chi connectivity index (χ2n) is 3.03. The number of nitrogens with one attached hydrogen (secondary N) is 1. The van der Waals surface area contributed by atoms with Gasteiger partial charge in [-0.2, -0.15) is 5.26 Å². The summed E-state index contributed by atoms with van der Waals surface area (Å²) in [6, 6.07) is 5.54. The zero-order valence-electron chi connectivity index (χ0n) is 8.33. The lowest BCUT2D eigenvalue weighted by Crippen LogP contribution is -2.12. The van der Waals surface area contributed by atoms with E-state index in [1.807, 2.05) is 12.1 Å². The van der Waals surface area contributed by atoms with Crippen molar-refractivity contribution >= 4 is 5.82 Å². The maximum absolute atomic E-state index is 8.58. The molecule has 3 N–H and O–H groups in total. The molecule has 0 bridgehead atoms.